The number of ether oxygens (including phenoxy) is 1. The smallest absolute Gasteiger partial charge is 0.280 e. The fraction of sp³-hybridized carbons (Fsp3) is 0.900. The lowest BCUT2D eigenvalue weighted by Crippen LogP contribution is -2.92. The molecule has 0 aromatic heterocycles. The van der Waals surface area contributed by atoms with E-state index in [-0.39, 0.29) is 11.9 Å². The Bertz CT molecular complexity index is 179. The highest BCUT2D eigenvalue weighted by Crippen LogP contribution is 2.07. The van der Waals surface area contributed by atoms with Crippen molar-refractivity contribution in [1.82, 2.24) is 4.90 Å². The molecule has 82 valence electrons. The number of nitrogens with two attached hydrogens (primary N) is 1. The van der Waals surface area contributed by atoms with Gasteiger partial charge in [-0.1, -0.05) is 0 Å². The molecule has 1 saturated heterocycles. The maximum absolute atomic E-state index is 11.8. The van der Waals surface area contributed by atoms with Gasteiger partial charge in [0.15, 0.2) is 6.04 Å². The van der Waals surface area contributed by atoms with E-state index < -0.39 is 0 Å². The largest absolute Gasteiger partial charge is 0.379 e. The molecule has 4 nitrogen and oxygen atoms in total. The van der Waals surface area contributed by atoms with E-state index in [2.05, 4.69) is 0 Å². The van der Waals surface area contributed by atoms with Crippen molar-refractivity contribution in [2.45, 2.75) is 25.8 Å². The van der Waals surface area contributed by atoms with Gasteiger partial charge in [-0.3, -0.25) is 4.79 Å². The van der Waals surface area contributed by atoms with Gasteiger partial charge in [-0.05, 0) is 19.8 Å². The van der Waals surface area contributed by atoms with E-state index in [0.717, 1.165) is 32.5 Å². The van der Waals surface area contributed by atoms with Crippen LogP contribution in [0.25, 0.3) is 0 Å². The van der Waals surface area contributed by atoms with E-state index in [1.165, 1.54) is 0 Å². The molecule has 0 bridgehead atoms. The Kier molecular flexibility index (Phi) is 4.90. The van der Waals surface area contributed by atoms with E-state index >= 15 is 0 Å². The van der Waals surface area contributed by atoms with Crippen molar-refractivity contribution >= 4 is 5.91 Å². The summed E-state index contributed by atoms with van der Waals surface area (Å²) < 4.78 is 4.94. The van der Waals surface area contributed by atoms with E-state index in [1.54, 1.807) is 7.11 Å². The molecule has 1 amide bonds. The fourth-order valence-electron chi connectivity index (χ4n) is 1.76. The van der Waals surface area contributed by atoms with Gasteiger partial charge in [0.25, 0.3) is 5.91 Å². The quantitative estimate of drug-likeness (QED) is 0.592. The Labute approximate surface area is 85.6 Å². The summed E-state index contributed by atoms with van der Waals surface area (Å²) in [6.45, 7) is 5.42. The molecule has 0 aliphatic carbocycles. The van der Waals surface area contributed by atoms with Crippen LogP contribution >= 0.6 is 0 Å². The monoisotopic (exact) mass is 201 g/mol. The summed E-state index contributed by atoms with van der Waals surface area (Å²) in [5.74, 6) is 0.276. The zero-order chi connectivity index (χ0) is 10.4. The average Bonchev–Trinajstić information content (AvgIpc) is 2.69. The third-order valence-electron chi connectivity index (χ3n) is 2.65. The summed E-state index contributed by atoms with van der Waals surface area (Å²) in [6.07, 6.45) is 2.33. The van der Waals surface area contributed by atoms with Gasteiger partial charge in [-0.25, -0.2) is 0 Å². The summed E-state index contributed by atoms with van der Waals surface area (Å²) >= 11 is 0. The Balaban J connectivity index is 2.21. The molecule has 0 spiro atoms. The van der Waals surface area contributed by atoms with Gasteiger partial charge in [0.1, 0.15) is 0 Å². The van der Waals surface area contributed by atoms with Gasteiger partial charge in [0.05, 0.1) is 13.2 Å². The predicted octanol–water partition coefficient (Wildman–Crippen LogP) is -0.793. The summed E-state index contributed by atoms with van der Waals surface area (Å²) in [5.41, 5.74) is 0. The first-order chi connectivity index (χ1) is 6.75. The molecule has 0 aromatic carbocycles. The number of nitrogens with zero attached hydrogens (tertiary/aromatic N) is 1. The SMILES string of the molecule is COCC[NH2+][C@@H](C)C(=O)N1CCCC1. The molecule has 1 atom stereocenters. The molecule has 4 heteroatoms. The molecular formula is C10H21N2O2+. The highest BCUT2D eigenvalue weighted by Gasteiger charge is 2.24. The second kappa shape index (κ2) is 5.98. The minimum Gasteiger partial charge on any atom is -0.379 e. The highest BCUT2D eigenvalue weighted by molar-refractivity contribution is 5.80. The lowest BCUT2D eigenvalue weighted by molar-refractivity contribution is -0.675. The van der Waals surface area contributed by atoms with E-state index in [4.69, 9.17) is 4.74 Å². The zero-order valence-electron chi connectivity index (χ0n) is 9.16. The van der Waals surface area contributed by atoms with Crippen molar-refractivity contribution in [3.8, 4) is 0 Å². The Morgan fingerprint density at radius 2 is 2.14 bits per heavy atom. The van der Waals surface area contributed by atoms with Crippen molar-refractivity contribution < 1.29 is 14.8 Å². The minimum atomic E-state index is 0.0447. The zero-order valence-corrected chi connectivity index (χ0v) is 9.16. The van der Waals surface area contributed by atoms with Gasteiger partial charge in [0, 0.05) is 20.2 Å². The van der Waals surface area contributed by atoms with Crippen molar-refractivity contribution in [3.05, 3.63) is 0 Å². The molecular weight excluding hydrogens is 180 g/mol. The third-order valence-corrected chi connectivity index (χ3v) is 2.65. The maximum Gasteiger partial charge on any atom is 0.280 e. The second-order valence-electron chi connectivity index (χ2n) is 3.84. The van der Waals surface area contributed by atoms with Gasteiger partial charge >= 0.3 is 0 Å². The van der Waals surface area contributed by atoms with Crippen LogP contribution in [-0.4, -0.2) is 50.2 Å². The van der Waals surface area contributed by atoms with E-state index in [1.807, 2.05) is 17.1 Å². The molecule has 14 heavy (non-hydrogen) atoms. The van der Waals surface area contributed by atoms with Crippen molar-refractivity contribution in [3.63, 3.8) is 0 Å². The van der Waals surface area contributed by atoms with E-state index in [0.29, 0.717) is 6.61 Å². The Morgan fingerprint density at radius 1 is 1.50 bits per heavy atom. The third kappa shape index (κ3) is 3.27. The standard InChI is InChI=1S/C10H20N2O2/c1-9(11-5-8-14-2)10(13)12-6-3-4-7-12/h9,11H,3-8H2,1-2H3/p+1/t9-/m0/s1. The lowest BCUT2D eigenvalue weighted by Gasteiger charge is -2.18. The van der Waals surface area contributed by atoms with Crippen LogP contribution in [0.5, 0.6) is 0 Å². The van der Waals surface area contributed by atoms with Crippen molar-refractivity contribution in [2.24, 2.45) is 0 Å². The normalized spacial score (nSPS) is 18.6. The molecule has 1 aliphatic rings. The summed E-state index contributed by atoms with van der Waals surface area (Å²) in [6, 6.07) is 0.0447. The van der Waals surface area contributed by atoms with Crippen LogP contribution in [0, 0.1) is 0 Å². The first kappa shape index (κ1) is 11.5. The van der Waals surface area contributed by atoms with Crippen molar-refractivity contribution in [1.29, 1.82) is 0 Å². The summed E-state index contributed by atoms with van der Waals surface area (Å²) in [5, 5.41) is 2.05. The number of methoxy groups -OCH3 is 1. The highest BCUT2D eigenvalue weighted by atomic mass is 16.5. The molecule has 0 radical (unpaired) electrons. The van der Waals surface area contributed by atoms with Gasteiger partial charge in [-0.2, -0.15) is 0 Å². The number of carbonyl (C=O) groups excluding carboxylic acids is 1. The molecule has 1 rings (SSSR count). The number of carbonyl (C=O) groups is 1. The molecule has 0 saturated carbocycles. The number of amides is 1. The lowest BCUT2D eigenvalue weighted by atomic mass is 10.3. The topological polar surface area (TPSA) is 46.1 Å². The fourth-order valence-corrected chi connectivity index (χ4v) is 1.76. The number of quaternary nitrogens is 1. The number of rotatable bonds is 5. The average molecular weight is 201 g/mol. The Morgan fingerprint density at radius 3 is 2.71 bits per heavy atom. The number of hydrogen-bond donors (Lipinski definition) is 1. The van der Waals surface area contributed by atoms with Gasteiger partial charge < -0.3 is 15.0 Å². The van der Waals surface area contributed by atoms with E-state index in [9.17, 15) is 4.79 Å². The van der Waals surface area contributed by atoms with Crippen molar-refractivity contribution in [2.75, 3.05) is 33.4 Å². The van der Waals surface area contributed by atoms with Gasteiger partial charge in [-0.15, -0.1) is 0 Å². The van der Waals surface area contributed by atoms with Crippen LogP contribution in [0.4, 0.5) is 0 Å². The minimum absolute atomic E-state index is 0.0447. The Hall–Kier alpha value is -0.610. The molecule has 1 aliphatic heterocycles. The molecule has 1 fully saturated rings. The maximum atomic E-state index is 11.8. The van der Waals surface area contributed by atoms with Crippen LogP contribution in [0.1, 0.15) is 19.8 Å². The first-order valence-electron chi connectivity index (χ1n) is 5.36. The van der Waals surface area contributed by atoms with Crippen LogP contribution in [-0.2, 0) is 9.53 Å². The number of likely N-dealkylation sites (tertiary alicyclic amines) is 1. The van der Waals surface area contributed by atoms with Crippen LogP contribution in [0.15, 0.2) is 0 Å². The molecule has 0 unspecified atom stereocenters. The summed E-state index contributed by atoms with van der Waals surface area (Å²) in [4.78, 5) is 13.8. The second-order valence-corrected chi connectivity index (χ2v) is 3.84. The first-order valence-corrected chi connectivity index (χ1v) is 5.36. The predicted molar refractivity (Wildman–Crippen MR) is 53.9 cm³/mol. The molecule has 1 heterocycles. The molecule has 2 N–H and O–H groups in total. The van der Waals surface area contributed by atoms with Crippen LogP contribution in [0.2, 0.25) is 0 Å². The van der Waals surface area contributed by atoms with Crippen LogP contribution < -0.4 is 5.32 Å². The summed E-state index contributed by atoms with van der Waals surface area (Å²) in [7, 11) is 1.68. The van der Waals surface area contributed by atoms with Gasteiger partial charge in [0.2, 0.25) is 0 Å². The molecule has 0 aromatic rings. The number of hydrogen-bond acceptors (Lipinski definition) is 2. The van der Waals surface area contributed by atoms with Crippen LogP contribution in [0.3, 0.4) is 0 Å².